The molecule has 0 aliphatic rings. The first kappa shape index (κ1) is 15.7. The molecule has 0 spiro atoms. The molecule has 0 fully saturated rings. The molecule has 1 aromatic carbocycles. The van der Waals surface area contributed by atoms with Gasteiger partial charge >= 0.3 is 11.8 Å². The Labute approximate surface area is 125 Å². The lowest BCUT2D eigenvalue weighted by Crippen LogP contribution is -2.38. The van der Waals surface area contributed by atoms with Crippen LogP contribution in [0.5, 0.6) is 0 Å². The Morgan fingerprint density at radius 3 is 2.68 bits per heavy atom. The maximum Gasteiger partial charge on any atom is 0.313 e. The van der Waals surface area contributed by atoms with Crippen LogP contribution >= 0.6 is 0 Å². The number of amides is 2. The van der Waals surface area contributed by atoms with Crippen molar-refractivity contribution in [1.82, 2.24) is 5.32 Å². The van der Waals surface area contributed by atoms with Crippen molar-refractivity contribution in [3.05, 3.63) is 53.7 Å². The largest absolute Gasteiger partial charge is 0.467 e. The van der Waals surface area contributed by atoms with E-state index in [1.165, 1.54) is 18.4 Å². The molecule has 2 amide bonds. The summed E-state index contributed by atoms with van der Waals surface area (Å²) in [6.45, 7) is 1.16. The third kappa shape index (κ3) is 3.70. The summed E-state index contributed by atoms with van der Waals surface area (Å²) >= 11 is 0. The Balaban J connectivity index is 1.99. The minimum absolute atomic E-state index is 0.168. The van der Waals surface area contributed by atoms with Gasteiger partial charge in [-0.15, -0.1) is 0 Å². The molecular weight excluding hydrogens is 291 g/mol. The third-order valence-corrected chi connectivity index (χ3v) is 3.01. The molecule has 0 radical (unpaired) electrons. The molecule has 2 rings (SSSR count). The molecule has 6 nitrogen and oxygen atoms in total. The zero-order valence-corrected chi connectivity index (χ0v) is 11.8. The normalized spacial score (nSPS) is 11.8. The van der Waals surface area contributed by atoms with Crippen molar-refractivity contribution < 1.29 is 23.5 Å². The molecule has 1 aromatic heterocycles. The van der Waals surface area contributed by atoms with Crippen LogP contribution in [0, 0.1) is 12.7 Å². The highest BCUT2D eigenvalue weighted by Gasteiger charge is 2.21. The van der Waals surface area contributed by atoms with E-state index in [-0.39, 0.29) is 5.69 Å². The maximum absolute atomic E-state index is 13.4. The molecule has 1 unspecified atom stereocenters. The number of halogens is 1. The highest BCUT2D eigenvalue weighted by Crippen LogP contribution is 2.14. The monoisotopic (exact) mass is 306 g/mol. The summed E-state index contributed by atoms with van der Waals surface area (Å²) in [6, 6.07) is 6.43. The lowest BCUT2D eigenvalue weighted by molar-refractivity contribution is -0.136. The minimum atomic E-state index is -0.965. The van der Waals surface area contributed by atoms with Gasteiger partial charge in [0.1, 0.15) is 17.6 Å². The molecule has 0 aliphatic heterocycles. The molecule has 1 heterocycles. The van der Waals surface area contributed by atoms with Gasteiger partial charge in [-0.1, -0.05) is 6.07 Å². The second kappa shape index (κ2) is 6.86. The van der Waals surface area contributed by atoms with Gasteiger partial charge < -0.3 is 20.2 Å². The van der Waals surface area contributed by atoms with E-state index >= 15 is 0 Å². The van der Waals surface area contributed by atoms with Gasteiger partial charge in [0.2, 0.25) is 0 Å². The summed E-state index contributed by atoms with van der Waals surface area (Å²) in [5.74, 6) is -2.09. The molecule has 1 atom stereocenters. The Hall–Kier alpha value is -2.67. The number of aliphatic hydroxyl groups is 1. The molecule has 116 valence electrons. The number of hydrogen-bond acceptors (Lipinski definition) is 4. The van der Waals surface area contributed by atoms with Gasteiger partial charge in [0, 0.05) is 5.69 Å². The average molecular weight is 306 g/mol. The van der Waals surface area contributed by atoms with Crippen molar-refractivity contribution >= 4 is 17.5 Å². The van der Waals surface area contributed by atoms with Gasteiger partial charge in [-0.3, -0.25) is 9.59 Å². The van der Waals surface area contributed by atoms with E-state index in [9.17, 15) is 19.1 Å². The smallest absolute Gasteiger partial charge is 0.313 e. The van der Waals surface area contributed by atoms with E-state index in [1.807, 2.05) is 0 Å². The van der Waals surface area contributed by atoms with Crippen LogP contribution in [-0.4, -0.2) is 23.5 Å². The Kier molecular flexibility index (Phi) is 4.90. The fourth-order valence-electron chi connectivity index (χ4n) is 1.78. The second-order valence-electron chi connectivity index (χ2n) is 4.64. The SMILES string of the molecule is Cc1ccc(NC(=O)C(=O)NC(CO)c2ccco2)cc1F. The first-order valence-electron chi connectivity index (χ1n) is 6.53. The number of anilines is 1. The predicted molar refractivity (Wildman–Crippen MR) is 76.4 cm³/mol. The highest BCUT2D eigenvalue weighted by atomic mass is 19.1. The van der Waals surface area contributed by atoms with Gasteiger partial charge in [0.05, 0.1) is 12.9 Å². The van der Waals surface area contributed by atoms with E-state index < -0.39 is 30.3 Å². The van der Waals surface area contributed by atoms with Crippen LogP contribution in [0.4, 0.5) is 10.1 Å². The maximum atomic E-state index is 13.4. The molecular formula is C15H15FN2O4. The van der Waals surface area contributed by atoms with Crippen molar-refractivity contribution in [2.45, 2.75) is 13.0 Å². The molecule has 0 aliphatic carbocycles. The predicted octanol–water partition coefficient (Wildman–Crippen LogP) is 1.52. The topological polar surface area (TPSA) is 91.6 Å². The van der Waals surface area contributed by atoms with Gasteiger partial charge in [-0.25, -0.2) is 4.39 Å². The third-order valence-electron chi connectivity index (χ3n) is 3.01. The van der Waals surface area contributed by atoms with Crippen LogP contribution in [0.2, 0.25) is 0 Å². The number of furan rings is 1. The summed E-state index contributed by atoms with van der Waals surface area (Å²) in [5, 5.41) is 13.8. The fourth-order valence-corrected chi connectivity index (χ4v) is 1.78. The number of carbonyl (C=O) groups is 2. The van der Waals surface area contributed by atoms with E-state index in [4.69, 9.17) is 4.42 Å². The lowest BCUT2D eigenvalue weighted by Gasteiger charge is -2.13. The van der Waals surface area contributed by atoms with Crippen LogP contribution in [0.25, 0.3) is 0 Å². The van der Waals surface area contributed by atoms with E-state index in [2.05, 4.69) is 10.6 Å². The zero-order valence-electron chi connectivity index (χ0n) is 11.8. The van der Waals surface area contributed by atoms with E-state index in [0.29, 0.717) is 11.3 Å². The molecule has 7 heteroatoms. The van der Waals surface area contributed by atoms with E-state index in [1.54, 1.807) is 19.1 Å². The lowest BCUT2D eigenvalue weighted by atomic mass is 10.2. The van der Waals surface area contributed by atoms with Crippen LogP contribution < -0.4 is 10.6 Å². The number of nitrogens with one attached hydrogen (secondary N) is 2. The summed E-state index contributed by atoms with van der Waals surface area (Å²) in [5.41, 5.74) is 0.599. The number of hydrogen-bond donors (Lipinski definition) is 3. The molecule has 0 saturated heterocycles. The summed E-state index contributed by atoms with van der Waals surface area (Å²) in [4.78, 5) is 23.6. The van der Waals surface area contributed by atoms with Crippen molar-refractivity contribution in [3.8, 4) is 0 Å². The highest BCUT2D eigenvalue weighted by molar-refractivity contribution is 6.39. The first-order valence-corrected chi connectivity index (χ1v) is 6.53. The van der Waals surface area contributed by atoms with E-state index in [0.717, 1.165) is 6.07 Å². The number of carbonyl (C=O) groups excluding carboxylic acids is 2. The van der Waals surface area contributed by atoms with Crippen LogP contribution in [0.3, 0.4) is 0 Å². The summed E-state index contributed by atoms with van der Waals surface area (Å²) in [6.07, 6.45) is 1.39. The van der Waals surface area contributed by atoms with Crippen molar-refractivity contribution in [2.75, 3.05) is 11.9 Å². The molecule has 22 heavy (non-hydrogen) atoms. The van der Waals surface area contributed by atoms with Gasteiger partial charge in [-0.05, 0) is 36.8 Å². The number of aliphatic hydroxyl groups excluding tert-OH is 1. The van der Waals surface area contributed by atoms with Gasteiger partial charge in [0.15, 0.2) is 0 Å². The van der Waals surface area contributed by atoms with Crippen LogP contribution in [0.1, 0.15) is 17.4 Å². The van der Waals surface area contributed by atoms with Crippen LogP contribution in [0.15, 0.2) is 41.0 Å². The molecule has 3 N–H and O–H groups in total. The summed E-state index contributed by atoms with van der Waals surface area (Å²) < 4.78 is 18.4. The van der Waals surface area contributed by atoms with Crippen molar-refractivity contribution in [1.29, 1.82) is 0 Å². The molecule has 2 aromatic rings. The Morgan fingerprint density at radius 1 is 1.32 bits per heavy atom. The number of aryl methyl sites for hydroxylation is 1. The number of benzene rings is 1. The fraction of sp³-hybridized carbons (Fsp3) is 0.200. The Morgan fingerprint density at radius 2 is 2.09 bits per heavy atom. The summed E-state index contributed by atoms with van der Waals surface area (Å²) in [7, 11) is 0. The Bertz CT molecular complexity index is 670. The first-order chi connectivity index (χ1) is 10.5. The minimum Gasteiger partial charge on any atom is -0.467 e. The number of rotatable bonds is 4. The van der Waals surface area contributed by atoms with Gasteiger partial charge in [0.25, 0.3) is 0 Å². The van der Waals surface area contributed by atoms with Gasteiger partial charge in [-0.2, -0.15) is 0 Å². The molecule has 0 bridgehead atoms. The van der Waals surface area contributed by atoms with Crippen molar-refractivity contribution in [3.63, 3.8) is 0 Å². The average Bonchev–Trinajstić information content (AvgIpc) is 3.02. The zero-order chi connectivity index (χ0) is 16.1. The van der Waals surface area contributed by atoms with Crippen LogP contribution in [-0.2, 0) is 9.59 Å². The van der Waals surface area contributed by atoms with Crippen molar-refractivity contribution in [2.24, 2.45) is 0 Å². The quantitative estimate of drug-likeness (QED) is 0.747. The second-order valence-corrected chi connectivity index (χ2v) is 4.64. The standard InChI is InChI=1S/C15H15FN2O4/c1-9-4-5-10(7-11(9)16)17-14(20)15(21)18-12(8-19)13-3-2-6-22-13/h2-7,12,19H,8H2,1H3,(H,17,20)(H,18,21). The molecule has 0 saturated carbocycles.